The van der Waals surface area contributed by atoms with Gasteiger partial charge in [0.25, 0.3) is 5.69 Å². The van der Waals surface area contributed by atoms with Crippen LogP contribution in [-0.2, 0) is 4.74 Å². The molecule has 7 nitrogen and oxygen atoms in total. The van der Waals surface area contributed by atoms with Gasteiger partial charge in [0.1, 0.15) is 5.56 Å². The highest BCUT2D eigenvalue weighted by molar-refractivity contribution is 5.93. The Bertz CT molecular complexity index is 585. The number of carbonyl (C=O) groups is 1. The van der Waals surface area contributed by atoms with Crippen LogP contribution in [0.5, 0.6) is 0 Å². The minimum absolute atomic E-state index is 0.132. The van der Waals surface area contributed by atoms with Crippen molar-refractivity contribution in [3.63, 3.8) is 0 Å². The Kier molecular flexibility index (Phi) is 3.50. The first kappa shape index (κ1) is 13.8. The number of ether oxygens (including phenoxy) is 1. The highest BCUT2D eigenvalue weighted by Gasteiger charge is 2.40. The largest absolute Gasteiger partial charge is 0.477 e. The van der Waals surface area contributed by atoms with Crippen LogP contribution in [0, 0.1) is 16.0 Å². The summed E-state index contributed by atoms with van der Waals surface area (Å²) in [6, 6.07) is 4.25. The number of hydrogen-bond donors (Lipinski definition) is 2. The van der Waals surface area contributed by atoms with Crippen LogP contribution in [0.3, 0.4) is 0 Å². The van der Waals surface area contributed by atoms with Gasteiger partial charge in [-0.1, -0.05) is 0 Å². The number of anilines is 1. The van der Waals surface area contributed by atoms with Crippen LogP contribution in [0.25, 0.3) is 0 Å². The average Bonchev–Trinajstić information content (AvgIpc) is 3.19. The summed E-state index contributed by atoms with van der Waals surface area (Å²) in [4.78, 5) is 21.3. The highest BCUT2D eigenvalue weighted by atomic mass is 16.6. The minimum atomic E-state index is -1.30. The molecule has 7 heteroatoms. The number of nitrogens with zero attached hydrogens (tertiary/aromatic N) is 1. The first-order chi connectivity index (χ1) is 10.1. The molecule has 3 rings (SSSR count). The van der Waals surface area contributed by atoms with Crippen molar-refractivity contribution in [1.29, 1.82) is 0 Å². The smallest absolute Gasteiger partial charge is 0.342 e. The molecule has 1 aromatic carbocycles. The third-order valence-electron chi connectivity index (χ3n) is 4.00. The third kappa shape index (κ3) is 2.82. The summed E-state index contributed by atoms with van der Waals surface area (Å²) in [6.45, 7) is 0.689. The van der Waals surface area contributed by atoms with E-state index in [0.29, 0.717) is 18.2 Å². The highest BCUT2D eigenvalue weighted by Crippen LogP contribution is 2.39. The van der Waals surface area contributed by atoms with Gasteiger partial charge < -0.3 is 15.2 Å². The molecule has 1 saturated carbocycles. The molecule has 1 aromatic rings. The lowest BCUT2D eigenvalue weighted by molar-refractivity contribution is -0.385. The minimum Gasteiger partial charge on any atom is -0.477 e. The Morgan fingerprint density at radius 3 is 2.76 bits per heavy atom. The fourth-order valence-electron chi connectivity index (χ4n) is 2.82. The summed E-state index contributed by atoms with van der Waals surface area (Å²) in [5.41, 5.74) is -0.130. The molecule has 1 aliphatic heterocycles. The summed E-state index contributed by atoms with van der Waals surface area (Å²) in [5, 5.41) is 23.2. The molecular formula is C14H16N2O5. The topological polar surface area (TPSA) is 102 Å². The second-order valence-corrected chi connectivity index (χ2v) is 5.51. The number of nitro benzene ring substituents is 1. The molecule has 0 spiro atoms. The average molecular weight is 292 g/mol. The van der Waals surface area contributed by atoms with Gasteiger partial charge in [0, 0.05) is 18.4 Å². The van der Waals surface area contributed by atoms with E-state index < -0.39 is 16.6 Å². The van der Waals surface area contributed by atoms with Crippen LogP contribution in [0.15, 0.2) is 18.2 Å². The zero-order valence-corrected chi connectivity index (χ0v) is 11.3. The first-order valence-corrected chi connectivity index (χ1v) is 6.96. The van der Waals surface area contributed by atoms with Crippen molar-refractivity contribution in [2.45, 2.75) is 31.4 Å². The maximum atomic E-state index is 11.0. The summed E-state index contributed by atoms with van der Waals surface area (Å²) in [7, 11) is 0. The van der Waals surface area contributed by atoms with Crippen LogP contribution < -0.4 is 5.32 Å². The second-order valence-electron chi connectivity index (χ2n) is 5.51. The van der Waals surface area contributed by atoms with E-state index in [1.54, 1.807) is 6.07 Å². The number of carboxylic acid groups (broad SMARTS) is 1. The van der Waals surface area contributed by atoms with E-state index in [2.05, 4.69) is 5.32 Å². The second kappa shape index (κ2) is 5.33. The van der Waals surface area contributed by atoms with Crippen molar-refractivity contribution in [1.82, 2.24) is 0 Å². The van der Waals surface area contributed by atoms with Crippen LogP contribution in [0.2, 0.25) is 0 Å². The zero-order valence-electron chi connectivity index (χ0n) is 11.3. The Balaban J connectivity index is 1.80. The van der Waals surface area contributed by atoms with E-state index in [-0.39, 0.29) is 17.7 Å². The zero-order chi connectivity index (χ0) is 15.0. The van der Waals surface area contributed by atoms with E-state index in [1.807, 2.05) is 0 Å². The lowest BCUT2D eigenvalue weighted by Crippen LogP contribution is -2.31. The van der Waals surface area contributed by atoms with Crippen LogP contribution in [0.1, 0.15) is 29.6 Å². The normalized spacial score (nSPS) is 24.8. The van der Waals surface area contributed by atoms with Crippen LogP contribution >= 0.6 is 0 Å². The number of benzene rings is 1. The van der Waals surface area contributed by atoms with Crippen molar-refractivity contribution in [2.24, 2.45) is 5.92 Å². The number of carboxylic acids is 1. The summed E-state index contributed by atoms with van der Waals surface area (Å²) >= 11 is 0. The molecule has 0 bridgehead atoms. The number of aromatic carboxylic acids is 1. The fourth-order valence-corrected chi connectivity index (χ4v) is 2.82. The van der Waals surface area contributed by atoms with Crippen LogP contribution in [0.4, 0.5) is 11.4 Å². The number of hydrogen-bond acceptors (Lipinski definition) is 5. The molecule has 0 aromatic heterocycles. The SMILES string of the molecule is O=C(O)c1ccc(NC2CCOC2C2CC2)cc1[N+](=O)[O-]. The van der Waals surface area contributed by atoms with Gasteiger partial charge in [-0.25, -0.2) is 4.79 Å². The number of rotatable bonds is 5. The van der Waals surface area contributed by atoms with Gasteiger partial charge in [0.15, 0.2) is 0 Å². The Morgan fingerprint density at radius 1 is 1.38 bits per heavy atom. The molecule has 0 radical (unpaired) electrons. The third-order valence-corrected chi connectivity index (χ3v) is 4.00. The monoisotopic (exact) mass is 292 g/mol. The quantitative estimate of drug-likeness (QED) is 0.637. The molecule has 112 valence electrons. The van der Waals surface area contributed by atoms with Gasteiger partial charge in [-0.15, -0.1) is 0 Å². The van der Waals surface area contributed by atoms with Gasteiger partial charge in [0.2, 0.25) is 0 Å². The van der Waals surface area contributed by atoms with E-state index in [4.69, 9.17) is 9.84 Å². The van der Waals surface area contributed by atoms with Gasteiger partial charge in [-0.3, -0.25) is 10.1 Å². The summed E-state index contributed by atoms with van der Waals surface area (Å²) < 4.78 is 5.71. The van der Waals surface area contributed by atoms with E-state index in [0.717, 1.165) is 6.42 Å². The molecule has 1 heterocycles. The van der Waals surface area contributed by atoms with Crippen molar-refractivity contribution >= 4 is 17.3 Å². The van der Waals surface area contributed by atoms with Gasteiger partial charge in [-0.05, 0) is 37.3 Å². The standard InChI is InChI=1S/C14H16N2O5/c17-14(18)10-4-3-9(7-12(10)16(19)20)15-11-5-6-21-13(11)8-1-2-8/h3-4,7-8,11,13,15H,1-2,5-6H2,(H,17,18). The molecule has 2 fully saturated rings. The van der Waals surface area contributed by atoms with E-state index in [9.17, 15) is 14.9 Å². The van der Waals surface area contributed by atoms with Crippen molar-refractivity contribution in [3.8, 4) is 0 Å². The molecule has 0 amide bonds. The van der Waals surface area contributed by atoms with Crippen molar-refractivity contribution < 1.29 is 19.6 Å². The predicted octanol–water partition coefficient (Wildman–Crippen LogP) is 2.27. The Labute approximate surface area is 121 Å². The van der Waals surface area contributed by atoms with E-state index >= 15 is 0 Å². The first-order valence-electron chi connectivity index (χ1n) is 6.96. The summed E-state index contributed by atoms with van der Waals surface area (Å²) in [6.07, 6.45) is 3.35. The Morgan fingerprint density at radius 2 is 2.14 bits per heavy atom. The van der Waals surface area contributed by atoms with E-state index in [1.165, 1.54) is 25.0 Å². The molecule has 1 saturated heterocycles. The van der Waals surface area contributed by atoms with Crippen LogP contribution in [-0.4, -0.2) is 34.8 Å². The number of nitro groups is 1. The maximum absolute atomic E-state index is 11.0. The van der Waals surface area contributed by atoms with Gasteiger partial charge >= 0.3 is 5.97 Å². The molecule has 2 N–H and O–H groups in total. The van der Waals surface area contributed by atoms with Crippen molar-refractivity contribution in [3.05, 3.63) is 33.9 Å². The number of nitrogens with one attached hydrogen (secondary N) is 1. The molecule has 1 aliphatic carbocycles. The molecule has 2 unspecified atom stereocenters. The molecule has 21 heavy (non-hydrogen) atoms. The molecule has 2 atom stereocenters. The predicted molar refractivity (Wildman–Crippen MR) is 74.5 cm³/mol. The van der Waals surface area contributed by atoms with Gasteiger partial charge in [0.05, 0.1) is 17.1 Å². The summed E-state index contributed by atoms with van der Waals surface area (Å²) in [5.74, 6) is -0.716. The molecule has 2 aliphatic rings. The molecular weight excluding hydrogens is 276 g/mol. The Hall–Kier alpha value is -2.15. The lowest BCUT2D eigenvalue weighted by Gasteiger charge is -2.20. The van der Waals surface area contributed by atoms with Gasteiger partial charge in [-0.2, -0.15) is 0 Å². The van der Waals surface area contributed by atoms with Crippen molar-refractivity contribution in [2.75, 3.05) is 11.9 Å². The fraction of sp³-hybridized carbons (Fsp3) is 0.500. The maximum Gasteiger partial charge on any atom is 0.342 e. The lowest BCUT2D eigenvalue weighted by atomic mass is 10.1.